The maximum atomic E-state index is 8.62. The molecular formula is C12H25Cl3OSi. The molecule has 0 amide bonds. The van der Waals surface area contributed by atoms with E-state index in [1.165, 1.54) is 51.4 Å². The molecule has 1 N–H and O–H groups in total. The quantitative estimate of drug-likeness (QED) is 0.285. The fourth-order valence-corrected chi connectivity index (χ4v) is 3.71. The van der Waals surface area contributed by atoms with Crippen molar-refractivity contribution in [3.05, 3.63) is 0 Å². The van der Waals surface area contributed by atoms with Crippen molar-refractivity contribution in [2.24, 2.45) is 0 Å². The number of hydrogen-bond acceptors (Lipinski definition) is 1. The van der Waals surface area contributed by atoms with Crippen LogP contribution in [0.1, 0.15) is 64.2 Å². The molecule has 0 aliphatic carbocycles. The van der Waals surface area contributed by atoms with E-state index < -0.39 is 6.00 Å². The molecule has 0 unspecified atom stereocenters. The van der Waals surface area contributed by atoms with Crippen LogP contribution in [0.2, 0.25) is 6.04 Å². The fourth-order valence-electron chi connectivity index (χ4n) is 1.85. The van der Waals surface area contributed by atoms with Gasteiger partial charge in [0.1, 0.15) is 0 Å². The number of aliphatic hydroxyl groups excluding tert-OH is 1. The molecule has 0 rings (SSSR count). The molecule has 0 bridgehead atoms. The van der Waals surface area contributed by atoms with Crippen LogP contribution in [0.4, 0.5) is 0 Å². The number of hydrogen-bond donors (Lipinski definition) is 1. The Morgan fingerprint density at radius 2 is 0.941 bits per heavy atom. The van der Waals surface area contributed by atoms with Crippen molar-refractivity contribution in [1.29, 1.82) is 0 Å². The molecule has 0 heterocycles. The van der Waals surface area contributed by atoms with Crippen molar-refractivity contribution in [2.75, 3.05) is 6.61 Å². The van der Waals surface area contributed by atoms with Crippen molar-refractivity contribution >= 4 is 39.2 Å². The Morgan fingerprint density at radius 1 is 0.588 bits per heavy atom. The second kappa shape index (κ2) is 12.1. The van der Waals surface area contributed by atoms with E-state index in [1.54, 1.807) is 0 Å². The van der Waals surface area contributed by atoms with Gasteiger partial charge in [0.05, 0.1) is 0 Å². The van der Waals surface area contributed by atoms with Crippen molar-refractivity contribution in [1.82, 2.24) is 0 Å². The molecule has 0 fully saturated rings. The summed E-state index contributed by atoms with van der Waals surface area (Å²) >= 11 is 17.4. The van der Waals surface area contributed by atoms with Gasteiger partial charge in [0.25, 0.3) is 0 Å². The third kappa shape index (κ3) is 17.0. The highest BCUT2D eigenvalue weighted by molar-refractivity contribution is 7.64. The summed E-state index contributed by atoms with van der Waals surface area (Å²) in [6.07, 6.45) is 12.2. The zero-order valence-corrected chi connectivity index (χ0v) is 13.8. The molecule has 0 aliphatic heterocycles. The van der Waals surface area contributed by atoms with Crippen LogP contribution in [-0.4, -0.2) is 17.7 Å². The van der Waals surface area contributed by atoms with Gasteiger partial charge in [0, 0.05) is 6.61 Å². The Hall–Kier alpha value is 1.05. The summed E-state index contributed by atoms with van der Waals surface area (Å²) in [7, 11) is 0. The summed E-state index contributed by atoms with van der Waals surface area (Å²) in [4.78, 5) is 0. The SMILES string of the molecule is OCCCCCCCCCCCC[Si](Cl)(Cl)Cl. The molecule has 1 nitrogen and oxygen atoms in total. The zero-order valence-electron chi connectivity index (χ0n) is 10.6. The lowest BCUT2D eigenvalue weighted by molar-refractivity contribution is 0.282. The second-order valence-corrected chi connectivity index (χ2v) is 13.9. The van der Waals surface area contributed by atoms with Crippen LogP contribution in [0.25, 0.3) is 0 Å². The number of rotatable bonds is 12. The molecule has 0 spiro atoms. The van der Waals surface area contributed by atoms with Gasteiger partial charge in [0.2, 0.25) is 0 Å². The lowest BCUT2D eigenvalue weighted by Gasteiger charge is -2.06. The molecule has 0 saturated heterocycles. The van der Waals surface area contributed by atoms with E-state index in [-0.39, 0.29) is 0 Å². The average molecular weight is 320 g/mol. The molecule has 5 heteroatoms. The van der Waals surface area contributed by atoms with Gasteiger partial charge >= 0.3 is 6.00 Å². The third-order valence-electron chi connectivity index (χ3n) is 2.87. The Kier molecular flexibility index (Phi) is 12.8. The minimum absolute atomic E-state index is 0.340. The minimum atomic E-state index is -2.36. The first-order valence-electron chi connectivity index (χ1n) is 6.74. The van der Waals surface area contributed by atoms with E-state index in [0.29, 0.717) is 6.61 Å². The van der Waals surface area contributed by atoms with Crippen LogP contribution in [0.3, 0.4) is 0 Å². The molecule has 0 aromatic heterocycles. The predicted octanol–water partition coefficient (Wildman–Crippen LogP) is 5.54. The highest BCUT2D eigenvalue weighted by Crippen LogP contribution is 2.27. The molecule has 0 aromatic carbocycles. The van der Waals surface area contributed by atoms with Crippen LogP contribution < -0.4 is 0 Å². The first-order chi connectivity index (χ1) is 8.06. The van der Waals surface area contributed by atoms with Gasteiger partial charge in [-0.25, -0.2) is 0 Å². The smallest absolute Gasteiger partial charge is 0.341 e. The lowest BCUT2D eigenvalue weighted by atomic mass is 10.1. The summed E-state index contributed by atoms with van der Waals surface area (Å²) in [5.74, 6) is 0. The molecule has 0 saturated carbocycles. The summed E-state index contributed by atoms with van der Waals surface area (Å²) in [6, 6.07) is -1.55. The van der Waals surface area contributed by atoms with Gasteiger partial charge in [-0.3, -0.25) is 0 Å². The standard InChI is InChI=1S/C12H25Cl3OSi/c13-17(14,15)12-10-8-6-4-2-1-3-5-7-9-11-16/h16H,1-12H2. The normalized spacial score (nSPS) is 12.0. The molecule has 0 atom stereocenters. The van der Waals surface area contributed by atoms with Crippen LogP contribution in [-0.2, 0) is 0 Å². The highest BCUT2D eigenvalue weighted by Gasteiger charge is 2.23. The predicted molar refractivity (Wildman–Crippen MR) is 81.4 cm³/mol. The van der Waals surface area contributed by atoms with Crippen molar-refractivity contribution in [2.45, 2.75) is 70.3 Å². The van der Waals surface area contributed by atoms with Crippen LogP contribution >= 0.6 is 33.2 Å². The Labute approximate surface area is 121 Å². The van der Waals surface area contributed by atoms with Crippen LogP contribution in [0.5, 0.6) is 0 Å². The maximum absolute atomic E-state index is 8.62. The van der Waals surface area contributed by atoms with Gasteiger partial charge < -0.3 is 5.11 Å². The first-order valence-corrected chi connectivity index (χ1v) is 12.0. The molecular weight excluding hydrogens is 295 g/mol. The van der Waals surface area contributed by atoms with E-state index in [1.807, 2.05) is 0 Å². The van der Waals surface area contributed by atoms with Crippen molar-refractivity contribution < 1.29 is 5.11 Å². The Bertz CT molecular complexity index is 162. The second-order valence-electron chi connectivity index (χ2n) is 4.62. The summed E-state index contributed by atoms with van der Waals surface area (Å²) < 4.78 is 0. The molecule has 104 valence electrons. The highest BCUT2D eigenvalue weighted by atomic mass is 35.8. The summed E-state index contributed by atoms with van der Waals surface area (Å²) in [5, 5.41) is 8.62. The molecule has 17 heavy (non-hydrogen) atoms. The van der Waals surface area contributed by atoms with E-state index in [0.717, 1.165) is 18.9 Å². The van der Waals surface area contributed by atoms with Gasteiger partial charge in [-0.15, -0.1) is 33.2 Å². The fraction of sp³-hybridized carbons (Fsp3) is 1.00. The van der Waals surface area contributed by atoms with E-state index in [2.05, 4.69) is 0 Å². The third-order valence-corrected chi connectivity index (χ3v) is 5.49. The molecule has 0 aliphatic rings. The topological polar surface area (TPSA) is 20.2 Å². The average Bonchev–Trinajstić information content (AvgIpc) is 2.24. The van der Waals surface area contributed by atoms with Crippen LogP contribution in [0, 0.1) is 0 Å². The van der Waals surface area contributed by atoms with E-state index >= 15 is 0 Å². The van der Waals surface area contributed by atoms with E-state index in [9.17, 15) is 0 Å². The first kappa shape index (κ1) is 18.0. The van der Waals surface area contributed by atoms with Crippen LogP contribution in [0.15, 0.2) is 0 Å². The molecule has 0 aromatic rings. The summed E-state index contributed by atoms with van der Waals surface area (Å²) in [5.41, 5.74) is 0. The zero-order chi connectivity index (χ0) is 13.0. The van der Waals surface area contributed by atoms with Crippen molar-refractivity contribution in [3.8, 4) is 0 Å². The van der Waals surface area contributed by atoms with E-state index in [4.69, 9.17) is 38.3 Å². The monoisotopic (exact) mass is 318 g/mol. The number of aliphatic hydroxyl groups is 1. The maximum Gasteiger partial charge on any atom is 0.341 e. The summed E-state index contributed by atoms with van der Waals surface area (Å²) in [6.45, 7) is 0.340. The number of unbranched alkanes of at least 4 members (excludes halogenated alkanes) is 9. The van der Waals surface area contributed by atoms with Gasteiger partial charge in [-0.1, -0.05) is 57.8 Å². The molecule has 0 radical (unpaired) electrons. The van der Waals surface area contributed by atoms with Gasteiger partial charge in [-0.05, 0) is 12.5 Å². The largest absolute Gasteiger partial charge is 0.396 e. The Morgan fingerprint density at radius 3 is 1.29 bits per heavy atom. The minimum Gasteiger partial charge on any atom is -0.396 e. The van der Waals surface area contributed by atoms with Crippen molar-refractivity contribution in [3.63, 3.8) is 0 Å². The Balaban J connectivity index is 2.99. The lowest BCUT2D eigenvalue weighted by Crippen LogP contribution is -2.07. The number of halogens is 3. The van der Waals surface area contributed by atoms with Gasteiger partial charge in [0.15, 0.2) is 0 Å². The van der Waals surface area contributed by atoms with Gasteiger partial charge in [-0.2, -0.15) is 0 Å².